The molecule has 30 heavy (non-hydrogen) atoms. The number of benzene rings is 2. The number of para-hydroxylation sites is 1. The maximum Gasteiger partial charge on any atom is 0.255 e. The van der Waals surface area contributed by atoms with E-state index in [4.69, 9.17) is 9.47 Å². The van der Waals surface area contributed by atoms with E-state index in [-0.39, 0.29) is 5.91 Å². The quantitative estimate of drug-likeness (QED) is 0.651. The second-order valence-electron chi connectivity index (χ2n) is 6.75. The van der Waals surface area contributed by atoms with Crippen molar-refractivity contribution in [3.63, 3.8) is 0 Å². The van der Waals surface area contributed by atoms with Gasteiger partial charge in [-0.05, 0) is 44.2 Å². The molecule has 0 spiro atoms. The fourth-order valence-corrected chi connectivity index (χ4v) is 3.54. The van der Waals surface area contributed by atoms with Crippen molar-refractivity contribution in [2.75, 3.05) is 24.4 Å². The van der Waals surface area contributed by atoms with Gasteiger partial charge in [0.1, 0.15) is 23.9 Å². The molecule has 0 saturated heterocycles. The Labute approximate surface area is 174 Å². The summed E-state index contributed by atoms with van der Waals surface area (Å²) in [6.45, 7) is 4.30. The van der Waals surface area contributed by atoms with Crippen LogP contribution in [-0.2, 0) is 4.79 Å². The molecule has 2 aromatic carbocycles. The highest BCUT2D eigenvalue weighted by molar-refractivity contribution is 6.06. The van der Waals surface area contributed by atoms with Crippen LogP contribution in [0.1, 0.15) is 25.5 Å². The summed E-state index contributed by atoms with van der Waals surface area (Å²) in [6.07, 6.45) is 1.47. The van der Waals surface area contributed by atoms with Crippen molar-refractivity contribution in [1.82, 2.24) is 14.8 Å². The zero-order chi connectivity index (χ0) is 21.1. The van der Waals surface area contributed by atoms with Crippen LogP contribution in [0.3, 0.4) is 0 Å². The van der Waals surface area contributed by atoms with Gasteiger partial charge in [-0.25, -0.2) is 4.68 Å². The zero-order valence-corrected chi connectivity index (χ0v) is 17.0. The molecule has 0 bridgehead atoms. The van der Waals surface area contributed by atoms with Crippen molar-refractivity contribution < 1.29 is 14.3 Å². The van der Waals surface area contributed by atoms with Gasteiger partial charge in [0.25, 0.3) is 5.91 Å². The minimum absolute atomic E-state index is 0.234. The Morgan fingerprint density at radius 3 is 2.70 bits per heavy atom. The second-order valence-corrected chi connectivity index (χ2v) is 6.75. The molecular weight excluding hydrogens is 382 g/mol. The van der Waals surface area contributed by atoms with Crippen LogP contribution >= 0.6 is 0 Å². The van der Waals surface area contributed by atoms with Gasteiger partial charge in [0.15, 0.2) is 0 Å². The van der Waals surface area contributed by atoms with Crippen LogP contribution in [0, 0.1) is 0 Å². The van der Waals surface area contributed by atoms with Gasteiger partial charge in [-0.2, -0.15) is 10.1 Å². The summed E-state index contributed by atoms with van der Waals surface area (Å²) >= 11 is 0. The molecule has 154 valence electrons. The van der Waals surface area contributed by atoms with E-state index in [2.05, 4.69) is 20.7 Å². The van der Waals surface area contributed by atoms with Crippen LogP contribution < -0.4 is 20.1 Å². The number of allylic oxidation sites excluding steroid dienone is 1. The third kappa shape index (κ3) is 3.59. The van der Waals surface area contributed by atoms with Crippen molar-refractivity contribution in [2.45, 2.75) is 19.9 Å². The molecule has 0 saturated carbocycles. The molecule has 8 nitrogen and oxygen atoms in total. The lowest BCUT2D eigenvalue weighted by Crippen LogP contribution is -2.31. The number of hydrogen-bond acceptors (Lipinski definition) is 6. The Hall–Kier alpha value is -3.81. The van der Waals surface area contributed by atoms with E-state index in [9.17, 15) is 4.79 Å². The highest BCUT2D eigenvalue weighted by Crippen LogP contribution is 2.39. The number of carbonyl (C=O) groups excluding carboxylic acids is 1. The third-order valence-corrected chi connectivity index (χ3v) is 4.90. The van der Waals surface area contributed by atoms with Crippen molar-refractivity contribution in [2.24, 2.45) is 0 Å². The van der Waals surface area contributed by atoms with E-state index < -0.39 is 6.04 Å². The minimum atomic E-state index is -0.482. The highest BCUT2D eigenvalue weighted by Gasteiger charge is 2.35. The number of aromatic nitrogens is 3. The molecule has 0 aliphatic carbocycles. The van der Waals surface area contributed by atoms with E-state index in [0.29, 0.717) is 35.3 Å². The van der Waals surface area contributed by atoms with E-state index in [0.717, 1.165) is 11.3 Å². The third-order valence-electron chi connectivity index (χ3n) is 4.90. The molecule has 1 atom stereocenters. The molecule has 0 fully saturated rings. The molecule has 1 aliphatic rings. The van der Waals surface area contributed by atoms with Crippen molar-refractivity contribution in [3.8, 4) is 11.5 Å². The van der Waals surface area contributed by atoms with Crippen molar-refractivity contribution in [1.29, 1.82) is 0 Å². The van der Waals surface area contributed by atoms with Gasteiger partial charge in [-0.1, -0.05) is 18.2 Å². The van der Waals surface area contributed by atoms with Gasteiger partial charge >= 0.3 is 0 Å². The van der Waals surface area contributed by atoms with Gasteiger partial charge in [-0.15, -0.1) is 0 Å². The van der Waals surface area contributed by atoms with Crippen LogP contribution in [0.25, 0.3) is 0 Å². The summed E-state index contributed by atoms with van der Waals surface area (Å²) in [4.78, 5) is 17.6. The fraction of sp³-hybridized carbons (Fsp3) is 0.227. The number of methoxy groups -OCH3 is 1. The lowest BCUT2D eigenvalue weighted by molar-refractivity contribution is -0.113. The number of amides is 1. The average molecular weight is 405 g/mol. The number of nitrogens with zero attached hydrogens (tertiary/aromatic N) is 3. The second kappa shape index (κ2) is 8.28. The Balaban J connectivity index is 1.75. The first-order valence-electron chi connectivity index (χ1n) is 9.66. The maximum absolute atomic E-state index is 13.4. The normalized spacial score (nSPS) is 15.2. The summed E-state index contributed by atoms with van der Waals surface area (Å²) in [5.41, 5.74) is 2.75. The summed E-state index contributed by atoms with van der Waals surface area (Å²) in [6, 6.07) is 14.4. The number of ether oxygens (including phenoxy) is 2. The van der Waals surface area contributed by atoms with E-state index in [1.54, 1.807) is 36.1 Å². The fourth-order valence-electron chi connectivity index (χ4n) is 3.54. The Morgan fingerprint density at radius 2 is 1.97 bits per heavy atom. The van der Waals surface area contributed by atoms with Crippen LogP contribution in [0.15, 0.2) is 66.1 Å². The van der Waals surface area contributed by atoms with E-state index in [1.165, 1.54) is 6.33 Å². The van der Waals surface area contributed by atoms with Crippen molar-refractivity contribution in [3.05, 3.63) is 71.7 Å². The predicted molar refractivity (Wildman–Crippen MR) is 114 cm³/mol. The molecular formula is C22H23N5O3. The van der Waals surface area contributed by atoms with E-state index >= 15 is 0 Å². The van der Waals surface area contributed by atoms with E-state index in [1.807, 2.05) is 38.1 Å². The van der Waals surface area contributed by atoms with Gasteiger partial charge in [0.05, 0.1) is 19.3 Å². The SMILES string of the molecule is CCOc1ccccc1[C@@H]1C(C(=O)Nc2ccc(OC)cc2)=C(C)Nc2ncnn21. The molecule has 3 aromatic rings. The monoisotopic (exact) mass is 405 g/mol. The first-order chi connectivity index (χ1) is 14.6. The maximum atomic E-state index is 13.4. The lowest BCUT2D eigenvalue weighted by Gasteiger charge is -2.29. The Bertz CT molecular complexity index is 1090. The van der Waals surface area contributed by atoms with Crippen LogP contribution in [0.5, 0.6) is 11.5 Å². The molecule has 2 heterocycles. The standard InChI is InChI=1S/C22H23N5O3/c1-4-30-18-8-6-5-7-17(18)20-19(14(2)25-22-23-13-24-27(20)22)21(28)26-15-9-11-16(29-3)12-10-15/h5-13,20H,4H2,1-3H3,(H,26,28)(H,23,24,25)/t20-/m1/s1. The van der Waals surface area contributed by atoms with Gasteiger partial charge in [-0.3, -0.25) is 4.79 Å². The summed E-state index contributed by atoms with van der Waals surface area (Å²) in [5, 5.41) is 10.5. The molecule has 8 heteroatoms. The summed E-state index contributed by atoms with van der Waals surface area (Å²) < 4.78 is 12.7. The number of nitrogens with one attached hydrogen (secondary N) is 2. The largest absolute Gasteiger partial charge is 0.497 e. The molecule has 1 aromatic heterocycles. The van der Waals surface area contributed by atoms with Gasteiger partial charge in [0.2, 0.25) is 5.95 Å². The molecule has 0 radical (unpaired) electrons. The molecule has 4 rings (SSSR count). The Morgan fingerprint density at radius 1 is 1.20 bits per heavy atom. The summed E-state index contributed by atoms with van der Waals surface area (Å²) in [5.74, 6) is 1.77. The lowest BCUT2D eigenvalue weighted by atomic mass is 9.94. The zero-order valence-electron chi connectivity index (χ0n) is 17.0. The summed E-state index contributed by atoms with van der Waals surface area (Å²) in [7, 11) is 1.60. The van der Waals surface area contributed by atoms with Crippen molar-refractivity contribution >= 4 is 17.5 Å². The number of rotatable bonds is 6. The van der Waals surface area contributed by atoms with Gasteiger partial charge < -0.3 is 20.1 Å². The van der Waals surface area contributed by atoms with Crippen LogP contribution in [0.2, 0.25) is 0 Å². The highest BCUT2D eigenvalue weighted by atomic mass is 16.5. The minimum Gasteiger partial charge on any atom is -0.497 e. The molecule has 1 aliphatic heterocycles. The predicted octanol–water partition coefficient (Wildman–Crippen LogP) is 3.61. The number of carbonyl (C=O) groups is 1. The van der Waals surface area contributed by atoms with Crippen LogP contribution in [0.4, 0.5) is 11.6 Å². The average Bonchev–Trinajstić information content (AvgIpc) is 3.22. The first kappa shape index (κ1) is 19.5. The van der Waals surface area contributed by atoms with Crippen LogP contribution in [-0.4, -0.2) is 34.4 Å². The number of fused-ring (bicyclic) bond motifs is 1. The Kier molecular flexibility index (Phi) is 5.38. The van der Waals surface area contributed by atoms with Gasteiger partial charge in [0, 0.05) is 16.9 Å². The number of hydrogen-bond donors (Lipinski definition) is 2. The molecule has 1 amide bonds. The smallest absolute Gasteiger partial charge is 0.255 e. The first-order valence-corrected chi connectivity index (χ1v) is 9.66. The topological polar surface area (TPSA) is 90.3 Å². The molecule has 2 N–H and O–H groups in total. The number of anilines is 2. The molecule has 0 unspecified atom stereocenters.